The molecular weight excluding hydrogens is 284 g/mol. The summed E-state index contributed by atoms with van der Waals surface area (Å²) >= 11 is 3.41. The Morgan fingerprint density at radius 2 is 2.41 bits per heavy atom. The molecule has 0 amide bonds. The average Bonchev–Trinajstić information content (AvgIpc) is 2.84. The Kier molecular flexibility index (Phi) is 2.56. The van der Waals surface area contributed by atoms with E-state index in [1.54, 1.807) is 4.52 Å². The molecule has 0 saturated carbocycles. The van der Waals surface area contributed by atoms with Gasteiger partial charge in [-0.15, -0.1) is 5.10 Å². The number of nitrogens with one attached hydrogen (secondary N) is 1. The fourth-order valence-electron chi connectivity index (χ4n) is 1.95. The second-order valence-corrected chi connectivity index (χ2v) is 5.49. The molecule has 2 aromatic heterocycles. The van der Waals surface area contributed by atoms with Gasteiger partial charge in [0.25, 0.3) is 0 Å². The first kappa shape index (κ1) is 11.0. The summed E-state index contributed by atoms with van der Waals surface area (Å²) in [6, 6.07) is 3.88. The van der Waals surface area contributed by atoms with Crippen molar-refractivity contribution in [3.05, 3.63) is 22.8 Å². The zero-order valence-corrected chi connectivity index (χ0v) is 11.1. The van der Waals surface area contributed by atoms with Crippen LogP contribution in [-0.4, -0.2) is 33.4 Å². The molecule has 0 aliphatic carbocycles. The van der Waals surface area contributed by atoms with Crippen LogP contribution in [0, 0.1) is 0 Å². The lowest BCUT2D eigenvalue weighted by Gasteiger charge is -2.21. The zero-order valence-electron chi connectivity index (χ0n) is 9.48. The van der Waals surface area contributed by atoms with Crippen LogP contribution < -0.4 is 5.32 Å². The van der Waals surface area contributed by atoms with Crippen LogP contribution in [-0.2, 0) is 4.74 Å². The number of aromatic nitrogens is 3. The van der Waals surface area contributed by atoms with Crippen LogP contribution in [0.3, 0.4) is 0 Å². The zero-order chi connectivity index (χ0) is 11.9. The molecule has 90 valence electrons. The number of fused-ring (bicyclic) bond motifs is 1. The van der Waals surface area contributed by atoms with E-state index in [2.05, 4.69) is 38.3 Å². The van der Waals surface area contributed by atoms with Gasteiger partial charge in [-0.2, -0.15) is 4.98 Å². The van der Waals surface area contributed by atoms with Crippen molar-refractivity contribution >= 4 is 27.5 Å². The third kappa shape index (κ3) is 2.14. The smallest absolute Gasteiger partial charge is 0.243 e. The SMILES string of the molecule is CC1(Nc2nc3ccc(Br)cn3n2)CCOC1. The highest BCUT2D eigenvalue weighted by molar-refractivity contribution is 9.10. The second kappa shape index (κ2) is 3.96. The monoisotopic (exact) mass is 296 g/mol. The average molecular weight is 297 g/mol. The van der Waals surface area contributed by atoms with Crippen molar-refractivity contribution in [1.82, 2.24) is 14.6 Å². The topological polar surface area (TPSA) is 51.5 Å². The number of rotatable bonds is 2. The maximum absolute atomic E-state index is 5.39. The molecule has 1 aliphatic heterocycles. The third-order valence-electron chi connectivity index (χ3n) is 2.93. The largest absolute Gasteiger partial charge is 0.379 e. The highest BCUT2D eigenvalue weighted by atomic mass is 79.9. The first-order chi connectivity index (χ1) is 8.15. The molecule has 1 N–H and O–H groups in total. The van der Waals surface area contributed by atoms with E-state index in [4.69, 9.17) is 4.74 Å². The first-order valence-electron chi connectivity index (χ1n) is 5.53. The highest BCUT2D eigenvalue weighted by Crippen LogP contribution is 2.22. The number of halogens is 1. The van der Waals surface area contributed by atoms with Crippen LogP contribution in [0.5, 0.6) is 0 Å². The molecule has 1 saturated heterocycles. The van der Waals surface area contributed by atoms with Crippen molar-refractivity contribution in [3.8, 4) is 0 Å². The predicted molar refractivity (Wildman–Crippen MR) is 68.2 cm³/mol. The van der Waals surface area contributed by atoms with Gasteiger partial charge >= 0.3 is 0 Å². The van der Waals surface area contributed by atoms with Gasteiger partial charge in [-0.05, 0) is 41.4 Å². The molecule has 0 bridgehead atoms. The summed E-state index contributed by atoms with van der Waals surface area (Å²) in [6.07, 6.45) is 2.87. The molecule has 1 unspecified atom stereocenters. The van der Waals surface area contributed by atoms with E-state index in [-0.39, 0.29) is 5.54 Å². The van der Waals surface area contributed by atoms with Crippen LogP contribution >= 0.6 is 15.9 Å². The summed E-state index contributed by atoms with van der Waals surface area (Å²) in [7, 11) is 0. The van der Waals surface area contributed by atoms with Crippen molar-refractivity contribution in [3.63, 3.8) is 0 Å². The summed E-state index contributed by atoms with van der Waals surface area (Å²) in [5.74, 6) is 0.649. The summed E-state index contributed by atoms with van der Waals surface area (Å²) in [6.45, 7) is 3.62. The van der Waals surface area contributed by atoms with E-state index in [1.165, 1.54) is 0 Å². The van der Waals surface area contributed by atoms with Crippen LogP contribution in [0.1, 0.15) is 13.3 Å². The fraction of sp³-hybridized carbons (Fsp3) is 0.455. The van der Waals surface area contributed by atoms with E-state index in [1.807, 2.05) is 18.3 Å². The summed E-state index contributed by atoms with van der Waals surface area (Å²) < 4.78 is 8.13. The lowest BCUT2D eigenvalue weighted by molar-refractivity contribution is 0.185. The number of ether oxygens (including phenoxy) is 1. The molecule has 5 nitrogen and oxygen atoms in total. The molecule has 0 aromatic carbocycles. The molecule has 1 aliphatic rings. The van der Waals surface area contributed by atoms with E-state index >= 15 is 0 Å². The van der Waals surface area contributed by atoms with E-state index in [9.17, 15) is 0 Å². The van der Waals surface area contributed by atoms with Crippen LogP contribution in [0.15, 0.2) is 22.8 Å². The van der Waals surface area contributed by atoms with E-state index in [0.29, 0.717) is 12.6 Å². The first-order valence-corrected chi connectivity index (χ1v) is 6.32. The number of hydrogen-bond acceptors (Lipinski definition) is 4. The number of hydrogen-bond donors (Lipinski definition) is 1. The molecule has 6 heteroatoms. The maximum atomic E-state index is 5.39. The summed E-state index contributed by atoms with van der Waals surface area (Å²) in [5.41, 5.74) is 0.778. The number of nitrogens with zero attached hydrogens (tertiary/aromatic N) is 3. The van der Waals surface area contributed by atoms with Crippen molar-refractivity contribution in [2.45, 2.75) is 18.9 Å². The summed E-state index contributed by atoms with van der Waals surface area (Å²) in [4.78, 5) is 4.43. The summed E-state index contributed by atoms with van der Waals surface area (Å²) in [5, 5.41) is 7.73. The molecule has 17 heavy (non-hydrogen) atoms. The van der Waals surface area contributed by atoms with Gasteiger partial charge in [-0.1, -0.05) is 0 Å². The molecule has 0 spiro atoms. The van der Waals surface area contributed by atoms with E-state index in [0.717, 1.165) is 23.1 Å². The predicted octanol–water partition coefficient (Wildman–Crippen LogP) is 2.08. The molecule has 0 radical (unpaired) electrons. The van der Waals surface area contributed by atoms with Gasteiger partial charge in [0.15, 0.2) is 5.65 Å². The second-order valence-electron chi connectivity index (χ2n) is 4.57. The highest BCUT2D eigenvalue weighted by Gasteiger charge is 2.30. The van der Waals surface area contributed by atoms with Gasteiger partial charge in [-0.25, -0.2) is 4.52 Å². The van der Waals surface area contributed by atoms with Gasteiger partial charge in [0.05, 0.1) is 12.1 Å². The number of pyridine rings is 1. The lowest BCUT2D eigenvalue weighted by Crippen LogP contribution is -2.35. The van der Waals surface area contributed by atoms with Crippen LogP contribution in [0.25, 0.3) is 5.65 Å². The molecular formula is C11H13BrN4O. The lowest BCUT2D eigenvalue weighted by atomic mass is 10.0. The molecule has 3 rings (SSSR count). The van der Waals surface area contributed by atoms with Crippen LogP contribution in [0.2, 0.25) is 0 Å². The van der Waals surface area contributed by atoms with Gasteiger partial charge < -0.3 is 10.1 Å². The van der Waals surface area contributed by atoms with Gasteiger partial charge in [-0.3, -0.25) is 0 Å². The minimum absolute atomic E-state index is 0.0534. The molecule has 1 fully saturated rings. The Morgan fingerprint density at radius 3 is 3.18 bits per heavy atom. The molecule has 3 heterocycles. The fourth-order valence-corrected chi connectivity index (χ4v) is 2.27. The quantitative estimate of drug-likeness (QED) is 0.922. The van der Waals surface area contributed by atoms with Gasteiger partial charge in [0.2, 0.25) is 5.95 Å². The van der Waals surface area contributed by atoms with Crippen molar-refractivity contribution in [1.29, 1.82) is 0 Å². The molecule has 2 aromatic rings. The Hall–Kier alpha value is -1.14. The minimum atomic E-state index is -0.0534. The Morgan fingerprint density at radius 1 is 1.53 bits per heavy atom. The maximum Gasteiger partial charge on any atom is 0.243 e. The van der Waals surface area contributed by atoms with Crippen molar-refractivity contribution in [2.24, 2.45) is 0 Å². The Bertz CT molecular complexity index is 547. The minimum Gasteiger partial charge on any atom is -0.379 e. The van der Waals surface area contributed by atoms with Crippen molar-refractivity contribution in [2.75, 3.05) is 18.5 Å². The number of anilines is 1. The van der Waals surface area contributed by atoms with Crippen LogP contribution in [0.4, 0.5) is 5.95 Å². The van der Waals surface area contributed by atoms with Crippen molar-refractivity contribution < 1.29 is 4.74 Å². The Labute approximate surface area is 107 Å². The molecule has 1 atom stereocenters. The van der Waals surface area contributed by atoms with E-state index < -0.39 is 0 Å². The van der Waals surface area contributed by atoms with Gasteiger partial charge in [0, 0.05) is 17.3 Å². The standard InChI is InChI=1S/C11H13BrN4O/c1-11(4-5-17-7-11)14-10-13-9-3-2-8(12)6-16(9)15-10/h2-3,6H,4-5,7H2,1H3,(H,14,15). The Balaban J connectivity index is 1.90. The third-order valence-corrected chi connectivity index (χ3v) is 3.40. The normalized spacial score (nSPS) is 24.4. The van der Waals surface area contributed by atoms with Gasteiger partial charge in [0.1, 0.15) is 0 Å².